The topological polar surface area (TPSA) is 117 Å². The molecule has 0 radical (unpaired) electrons. The fraction of sp³-hybridized carbons (Fsp3) is 0.310. The number of imidazole rings is 1. The van der Waals surface area contributed by atoms with Gasteiger partial charge in [-0.25, -0.2) is 9.37 Å². The van der Waals surface area contributed by atoms with Gasteiger partial charge in [0.25, 0.3) is 0 Å². The van der Waals surface area contributed by atoms with Gasteiger partial charge in [-0.1, -0.05) is 12.0 Å². The number of nitrogens with zero attached hydrogens (tertiary/aromatic N) is 4. The first kappa shape index (κ1) is 26.1. The minimum absolute atomic E-state index is 0.157. The first-order valence-corrected chi connectivity index (χ1v) is 13.0. The Labute approximate surface area is 225 Å². The Morgan fingerprint density at radius 1 is 1.08 bits per heavy atom. The van der Waals surface area contributed by atoms with Crippen LogP contribution in [0.1, 0.15) is 51.1 Å². The molecule has 1 aliphatic rings. The van der Waals surface area contributed by atoms with Crippen LogP contribution < -0.4 is 16.0 Å². The number of benzene rings is 2. The molecule has 2 aromatic heterocycles. The second-order valence-corrected chi connectivity index (χ2v) is 9.88. The van der Waals surface area contributed by atoms with Gasteiger partial charge in [0, 0.05) is 34.9 Å². The van der Waals surface area contributed by atoms with E-state index in [9.17, 15) is 14.3 Å². The SMILES string of the molecule is CC(C)n1cnc2c(Nc3cccc(NC(=O)C#Cc4ccc(F)cc4)c3)nc(NC3CCC(O)CC3)nc21. The van der Waals surface area contributed by atoms with E-state index in [4.69, 9.17) is 9.97 Å². The van der Waals surface area contributed by atoms with E-state index < -0.39 is 5.91 Å². The molecule has 4 aromatic rings. The van der Waals surface area contributed by atoms with Crippen molar-refractivity contribution in [2.24, 2.45) is 0 Å². The Hall–Kier alpha value is -4.49. The molecule has 1 saturated carbocycles. The molecule has 0 saturated heterocycles. The summed E-state index contributed by atoms with van der Waals surface area (Å²) in [6.45, 7) is 4.13. The van der Waals surface area contributed by atoms with Crippen molar-refractivity contribution in [2.45, 2.75) is 57.7 Å². The molecule has 1 aliphatic carbocycles. The first-order chi connectivity index (χ1) is 18.8. The van der Waals surface area contributed by atoms with Crippen LogP contribution in [-0.4, -0.2) is 42.7 Å². The number of amides is 1. The van der Waals surface area contributed by atoms with E-state index in [1.54, 1.807) is 18.5 Å². The van der Waals surface area contributed by atoms with Gasteiger partial charge in [0.1, 0.15) is 5.82 Å². The van der Waals surface area contributed by atoms with Crippen LogP contribution in [0.15, 0.2) is 54.9 Å². The summed E-state index contributed by atoms with van der Waals surface area (Å²) >= 11 is 0. The number of hydrogen-bond acceptors (Lipinski definition) is 7. The Morgan fingerprint density at radius 3 is 2.56 bits per heavy atom. The maximum atomic E-state index is 13.1. The Bertz CT molecular complexity index is 1530. The van der Waals surface area contributed by atoms with E-state index in [0.717, 1.165) is 25.7 Å². The third kappa shape index (κ3) is 6.51. The summed E-state index contributed by atoms with van der Waals surface area (Å²) in [5.41, 5.74) is 3.14. The quantitative estimate of drug-likeness (QED) is 0.261. The summed E-state index contributed by atoms with van der Waals surface area (Å²) in [5, 5.41) is 19.4. The number of nitrogens with one attached hydrogen (secondary N) is 3. The Morgan fingerprint density at radius 2 is 1.82 bits per heavy atom. The zero-order chi connectivity index (χ0) is 27.4. The van der Waals surface area contributed by atoms with Gasteiger partial charge in [0.05, 0.1) is 12.4 Å². The molecule has 9 nitrogen and oxygen atoms in total. The number of rotatable bonds is 6. The van der Waals surface area contributed by atoms with Crippen LogP contribution in [0.25, 0.3) is 11.2 Å². The molecule has 0 aliphatic heterocycles. The number of halogens is 1. The molecule has 39 heavy (non-hydrogen) atoms. The number of hydrogen-bond donors (Lipinski definition) is 4. The van der Waals surface area contributed by atoms with Crippen molar-refractivity contribution < 1.29 is 14.3 Å². The molecular weight excluding hydrogens is 497 g/mol. The smallest absolute Gasteiger partial charge is 0.300 e. The third-order valence-corrected chi connectivity index (χ3v) is 6.56. The van der Waals surface area contributed by atoms with Crippen LogP contribution in [0.4, 0.5) is 27.5 Å². The number of aliphatic hydroxyl groups is 1. The van der Waals surface area contributed by atoms with Gasteiger partial charge in [0.2, 0.25) is 5.95 Å². The van der Waals surface area contributed by atoms with Gasteiger partial charge in [-0.15, -0.1) is 0 Å². The molecule has 0 unspecified atom stereocenters. The van der Waals surface area contributed by atoms with E-state index in [1.165, 1.54) is 24.3 Å². The van der Waals surface area contributed by atoms with Gasteiger partial charge >= 0.3 is 5.91 Å². The van der Waals surface area contributed by atoms with E-state index in [1.807, 2.05) is 16.7 Å². The number of carbonyl (C=O) groups is 1. The van der Waals surface area contributed by atoms with E-state index in [2.05, 4.69) is 46.6 Å². The highest BCUT2D eigenvalue weighted by atomic mass is 19.1. The predicted octanol–water partition coefficient (Wildman–Crippen LogP) is 5.00. The highest BCUT2D eigenvalue weighted by Gasteiger charge is 2.22. The van der Waals surface area contributed by atoms with Gasteiger partial charge in [-0.3, -0.25) is 4.79 Å². The minimum atomic E-state index is -0.485. The van der Waals surface area contributed by atoms with Crippen molar-refractivity contribution in [3.63, 3.8) is 0 Å². The molecule has 1 fully saturated rings. The van der Waals surface area contributed by atoms with Gasteiger partial charge in [-0.2, -0.15) is 9.97 Å². The molecule has 4 N–H and O–H groups in total. The predicted molar refractivity (Wildman–Crippen MR) is 149 cm³/mol. The Kier molecular flexibility index (Phi) is 7.70. The van der Waals surface area contributed by atoms with Crippen molar-refractivity contribution in [3.8, 4) is 11.8 Å². The molecule has 1 amide bonds. The van der Waals surface area contributed by atoms with Crippen molar-refractivity contribution in [1.82, 2.24) is 19.5 Å². The van der Waals surface area contributed by atoms with Crippen molar-refractivity contribution >= 4 is 40.2 Å². The lowest BCUT2D eigenvalue weighted by atomic mass is 9.93. The van der Waals surface area contributed by atoms with Crippen molar-refractivity contribution in [2.75, 3.05) is 16.0 Å². The van der Waals surface area contributed by atoms with Gasteiger partial charge < -0.3 is 25.6 Å². The molecular formula is C29H30FN7O2. The Balaban J connectivity index is 1.36. The summed E-state index contributed by atoms with van der Waals surface area (Å²) in [7, 11) is 0. The second kappa shape index (κ2) is 11.5. The van der Waals surface area contributed by atoms with Crippen LogP contribution in [0.5, 0.6) is 0 Å². The maximum absolute atomic E-state index is 13.1. The molecule has 2 heterocycles. The van der Waals surface area contributed by atoms with Gasteiger partial charge in [-0.05, 0) is 82.0 Å². The van der Waals surface area contributed by atoms with Crippen LogP contribution in [0, 0.1) is 17.7 Å². The van der Waals surface area contributed by atoms with Crippen LogP contribution in [0.3, 0.4) is 0 Å². The molecule has 5 rings (SSSR count). The highest BCUT2D eigenvalue weighted by molar-refractivity contribution is 6.04. The zero-order valence-corrected chi connectivity index (χ0v) is 21.8. The van der Waals surface area contributed by atoms with Crippen molar-refractivity contribution in [3.05, 3.63) is 66.2 Å². The fourth-order valence-electron chi connectivity index (χ4n) is 4.48. The molecule has 200 valence electrons. The minimum Gasteiger partial charge on any atom is -0.393 e. The van der Waals surface area contributed by atoms with Crippen LogP contribution in [0.2, 0.25) is 0 Å². The summed E-state index contributed by atoms with van der Waals surface area (Å²) in [6.07, 6.45) is 4.71. The average molecular weight is 528 g/mol. The summed E-state index contributed by atoms with van der Waals surface area (Å²) in [5.74, 6) is 5.44. The molecule has 0 spiro atoms. The number of fused-ring (bicyclic) bond motifs is 1. The van der Waals surface area contributed by atoms with E-state index in [-0.39, 0.29) is 24.0 Å². The number of aliphatic hydroxyl groups excluding tert-OH is 1. The number of carbonyl (C=O) groups excluding carboxylic acids is 1. The summed E-state index contributed by atoms with van der Waals surface area (Å²) in [6, 6.07) is 13.2. The summed E-state index contributed by atoms with van der Waals surface area (Å²) < 4.78 is 15.1. The molecule has 2 aromatic carbocycles. The molecule has 0 atom stereocenters. The third-order valence-electron chi connectivity index (χ3n) is 6.56. The highest BCUT2D eigenvalue weighted by Crippen LogP contribution is 2.28. The number of aromatic nitrogens is 4. The molecule has 0 bridgehead atoms. The summed E-state index contributed by atoms with van der Waals surface area (Å²) in [4.78, 5) is 26.4. The van der Waals surface area contributed by atoms with E-state index in [0.29, 0.717) is 39.9 Å². The average Bonchev–Trinajstić information content (AvgIpc) is 3.35. The maximum Gasteiger partial charge on any atom is 0.300 e. The van der Waals surface area contributed by atoms with Crippen molar-refractivity contribution in [1.29, 1.82) is 0 Å². The zero-order valence-electron chi connectivity index (χ0n) is 21.8. The lowest BCUT2D eigenvalue weighted by Gasteiger charge is -2.26. The standard InChI is InChI=1S/C29H30FN7O2/c1-18(2)37-17-31-26-27(35-29(36-28(26)37)34-21-11-13-24(38)14-12-21)33-23-5-3-4-22(16-23)32-25(39)15-8-19-6-9-20(30)10-7-19/h3-7,9-10,16-18,21,24,38H,11-14H2,1-2H3,(H,32,39)(H2,33,34,35,36). The lowest BCUT2D eigenvalue weighted by molar-refractivity contribution is -0.111. The second-order valence-electron chi connectivity index (χ2n) is 9.88. The van der Waals surface area contributed by atoms with E-state index >= 15 is 0 Å². The number of anilines is 4. The monoisotopic (exact) mass is 527 g/mol. The largest absolute Gasteiger partial charge is 0.393 e. The normalized spacial score (nSPS) is 16.9. The van der Waals surface area contributed by atoms with Crippen LogP contribution in [-0.2, 0) is 4.79 Å². The fourth-order valence-corrected chi connectivity index (χ4v) is 4.48. The van der Waals surface area contributed by atoms with Crippen LogP contribution >= 0.6 is 0 Å². The molecule has 10 heteroatoms. The van der Waals surface area contributed by atoms with Gasteiger partial charge in [0.15, 0.2) is 17.0 Å². The lowest BCUT2D eigenvalue weighted by Crippen LogP contribution is -2.29. The first-order valence-electron chi connectivity index (χ1n) is 13.0.